The van der Waals surface area contributed by atoms with Crippen LogP contribution in [0.3, 0.4) is 0 Å². The van der Waals surface area contributed by atoms with E-state index in [-0.39, 0.29) is 18.3 Å². The van der Waals surface area contributed by atoms with Gasteiger partial charge in [0.2, 0.25) is 5.91 Å². The Morgan fingerprint density at radius 1 is 1.43 bits per heavy atom. The zero-order chi connectivity index (χ0) is 14.6. The van der Waals surface area contributed by atoms with Crippen molar-refractivity contribution in [1.29, 1.82) is 0 Å². The number of ether oxygens (including phenoxy) is 1. The summed E-state index contributed by atoms with van der Waals surface area (Å²) in [7, 11) is 1.60. The maximum Gasteiger partial charge on any atom is 0.262 e. The minimum atomic E-state index is -2.78. The van der Waals surface area contributed by atoms with Crippen LogP contribution >= 0.6 is 12.4 Å². The molecule has 118 valence electrons. The van der Waals surface area contributed by atoms with Crippen LogP contribution < -0.4 is 15.4 Å². The highest BCUT2D eigenvalue weighted by molar-refractivity contribution is 5.85. The summed E-state index contributed by atoms with van der Waals surface area (Å²) in [6.45, 7) is -0.00151. The Balaban J connectivity index is 0.00000220. The quantitative estimate of drug-likeness (QED) is 0.869. The fourth-order valence-electron chi connectivity index (χ4n) is 2.15. The molecule has 1 aliphatic heterocycles. The number of halogens is 3. The first-order valence-electron chi connectivity index (χ1n) is 6.52. The van der Waals surface area contributed by atoms with Gasteiger partial charge in [-0.15, -0.1) is 12.4 Å². The van der Waals surface area contributed by atoms with E-state index >= 15 is 0 Å². The molecular formula is C14H19ClF2N2O2. The Kier molecular flexibility index (Phi) is 6.36. The molecule has 0 radical (unpaired) electrons. The first-order chi connectivity index (χ1) is 9.50. The summed E-state index contributed by atoms with van der Waals surface area (Å²) in [6.07, 6.45) is 0.222. The minimum Gasteiger partial charge on any atom is -0.497 e. The molecule has 1 fully saturated rings. The van der Waals surface area contributed by atoms with Crippen molar-refractivity contribution in [2.24, 2.45) is 0 Å². The molecule has 7 heteroatoms. The lowest BCUT2D eigenvalue weighted by Gasteiger charge is -2.11. The highest BCUT2D eigenvalue weighted by Crippen LogP contribution is 2.24. The lowest BCUT2D eigenvalue weighted by Crippen LogP contribution is -2.41. The van der Waals surface area contributed by atoms with Gasteiger partial charge >= 0.3 is 0 Å². The van der Waals surface area contributed by atoms with E-state index in [1.165, 1.54) is 0 Å². The fraction of sp³-hybridized carbons (Fsp3) is 0.500. The molecule has 0 spiro atoms. The summed E-state index contributed by atoms with van der Waals surface area (Å²) in [5.74, 6) is -2.37. The number of hydrogen-bond acceptors (Lipinski definition) is 3. The zero-order valence-corrected chi connectivity index (χ0v) is 12.5. The van der Waals surface area contributed by atoms with Crippen LogP contribution in [-0.2, 0) is 11.2 Å². The fourth-order valence-corrected chi connectivity index (χ4v) is 2.15. The highest BCUT2D eigenvalue weighted by atomic mass is 35.5. The SMILES string of the molecule is COc1ccc(CCNC(=O)C2CC(F)(F)CN2)cc1.Cl. The van der Waals surface area contributed by atoms with Crippen molar-refractivity contribution < 1.29 is 18.3 Å². The number of nitrogens with one attached hydrogen (secondary N) is 2. The van der Waals surface area contributed by atoms with Crippen LogP contribution in [0.2, 0.25) is 0 Å². The van der Waals surface area contributed by atoms with Gasteiger partial charge in [-0.3, -0.25) is 10.1 Å². The zero-order valence-electron chi connectivity index (χ0n) is 11.7. The Labute approximate surface area is 128 Å². The highest BCUT2D eigenvalue weighted by Gasteiger charge is 2.42. The van der Waals surface area contributed by atoms with E-state index in [1.54, 1.807) is 7.11 Å². The van der Waals surface area contributed by atoms with E-state index in [9.17, 15) is 13.6 Å². The van der Waals surface area contributed by atoms with Crippen LogP contribution in [0.15, 0.2) is 24.3 Å². The molecule has 21 heavy (non-hydrogen) atoms. The molecule has 0 aromatic heterocycles. The summed E-state index contributed by atoms with van der Waals surface area (Å²) in [5, 5.41) is 5.21. The second-order valence-corrected chi connectivity index (χ2v) is 4.88. The topological polar surface area (TPSA) is 50.4 Å². The second kappa shape index (κ2) is 7.56. The summed E-state index contributed by atoms with van der Waals surface area (Å²) in [5.41, 5.74) is 1.05. The second-order valence-electron chi connectivity index (χ2n) is 4.88. The monoisotopic (exact) mass is 320 g/mol. The van der Waals surface area contributed by atoms with Gasteiger partial charge in [-0.2, -0.15) is 0 Å². The molecule has 0 saturated carbocycles. The van der Waals surface area contributed by atoms with Crippen molar-refractivity contribution in [3.8, 4) is 5.75 Å². The Hall–Kier alpha value is -1.40. The molecular weight excluding hydrogens is 302 g/mol. The van der Waals surface area contributed by atoms with E-state index in [2.05, 4.69) is 10.6 Å². The molecule has 1 atom stereocenters. The third-order valence-corrected chi connectivity index (χ3v) is 3.30. The standard InChI is InChI=1S/C14H18F2N2O2.ClH/c1-20-11-4-2-10(3-5-11)6-7-17-13(19)12-8-14(15,16)9-18-12;/h2-5,12,18H,6-9H2,1H3,(H,17,19);1H. The summed E-state index contributed by atoms with van der Waals surface area (Å²) >= 11 is 0. The van der Waals surface area contributed by atoms with E-state index in [0.29, 0.717) is 13.0 Å². The number of methoxy groups -OCH3 is 1. The van der Waals surface area contributed by atoms with Gasteiger partial charge in [-0.1, -0.05) is 12.1 Å². The number of carbonyl (C=O) groups excluding carboxylic acids is 1. The van der Waals surface area contributed by atoms with Crippen LogP contribution in [0, 0.1) is 0 Å². The molecule has 1 aliphatic rings. The number of benzene rings is 1. The van der Waals surface area contributed by atoms with Gasteiger partial charge in [0.05, 0.1) is 19.7 Å². The van der Waals surface area contributed by atoms with E-state index < -0.39 is 24.9 Å². The van der Waals surface area contributed by atoms with Gasteiger partial charge in [0.1, 0.15) is 5.75 Å². The van der Waals surface area contributed by atoms with Crippen molar-refractivity contribution in [3.63, 3.8) is 0 Å². The van der Waals surface area contributed by atoms with E-state index in [4.69, 9.17) is 4.74 Å². The molecule has 1 aromatic rings. The lowest BCUT2D eigenvalue weighted by molar-refractivity contribution is -0.123. The summed E-state index contributed by atoms with van der Waals surface area (Å²) in [6, 6.07) is 6.72. The third-order valence-electron chi connectivity index (χ3n) is 3.30. The first kappa shape index (κ1) is 17.7. The molecule has 1 aromatic carbocycles. The van der Waals surface area contributed by atoms with Crippen LogP contribution in [0.1, 0.15) is 12.0 Å². The van der Waals surface area contributed by atoms with Crippen molar-refractivity contribution >= 4 is 18.3 Å². The van der Waals surface area contributed by atoms with Crippen molar-refractivity contribution in [2.75, 3.05) is 20.2 Å². The van der Waals surface area contributed by atoms with Crippen molar-refractivity contribution in [2.45, 2.75) is 24.8 Å². The number of hydrogen-bond donors (Lipinski definition) is 2. The average Bonchev–Trinajstić information content (AvgIpc) is 2.80. The Morgan fingerprint density at radius 2 is 2.10 bits per heavy atom. The first-order valence-corrected chi connectivity index (χ1v) is 6.52. The number of rotatable bonds is 5. The molecule has 0 bridgehead atoms. The minimum absolute atomic E-state index is 0. The summed E-state index contributed by atoms with van der Waals surface area (Å²) in [4.78, 5) is 11.7. The van der Waals surface area contributed by atoms with Crippen LogP contribution in [0.25, 0.3) is 0 Å². The van der Waals surface area contributed by atoms with Crippen LogP contribution in [0.4, 0.5) is 8.78 Å². The maximum absolute atomic E-state index is 13.0. The maximum atomic E-state index is 13.0. The van der Waals surface area contributed by atoms with Gasteiger partial charge in [-0.25, -0.2) is 8.78 Å². The lowest BCUT2D eigenvalue weighted by atomic mass is 10.1. The van der Waals surface area contributed by atoms with Gasteiger partial charge < -0.3 is 10.1 Å². The summed E-state index contributed by atoms with van der Waals surface area (Å²) < 4.78 is 31.0. The molecule has 2 N–H and O–H groups in total. The largest absolute Gasteiger partial charge is 0.497 e. The molecule has 4 nitrogen and oxygen atoms in total. The number of alkyl halides is 2. The van der Waals surface area contributed by atoms with E-state index in [1.807, 2.05) is 24.3 Å². The van der Waals surface area contributed by atoms with Crippen molar-refractivity contribution in [1.82, 2.24) is 10.6 Å². The third kappa shape index (κ3) is 5.13. The van der Waals surface area contributed by atoms with Crippen LogP contribution in [-0.4, -0.2) is 38.1 Å². The smallest absolute Gasteiger partial charge is 0.262 e. The predicted molar refractivity (Wildman–Crippen MR) is 78.3 cm³/mol. The normalized spacial score (nSPS) is 19.7. The number of amides is 1. The van der Waals surface area contributed by atoms with Crippen LogP contribution in [0.5, 0.6) is 5.75 Å². The molecule has 1 heterocycles. The molecule has 1 saturated heterocycles. The molecule has 2 rings (SSSR count). The predicted octanol–water partition coefficient (Wildman–Crippen LogP) is 1.77. The molecule has 1 amide bonds. The Bertz CT molecular complexity index is 469. The molecule has 0 aliphatic carbocycles. The van der Waals surface area contributed by atoms with Crippen molar-refractivity contribution in [3.05, 3.63) is 29.8 Å². The van der Waals surface area contributed by atoms with Gasteiger partial charge in [0.25, 0.3) is 5.92 Å². The van der Waals surface area contributed by atoms with E-state index in [0.717, 1.165) is 11.3 Å². The average molecular weight is 321 g/mol. The van der Waals surface area contributed by atoms with Gasteiger partial charge in [0.15, 0.2) is 0 Å². The van der Waals surface area contributed by atoms with Gasteiger partial charge in [-0.05, 0) is 24.1 Å². The Morgan fingerprint density at radius 3 is 2.62 bits per heavy atom. The molecule has 1 unspecified atom stereocenters. The number of carbonyl (C=O) groups is 1. The van der Waals surface area contributed by atoms with Gasteiger partial charge in [0, 0.05) is 13.0 Å².